The fourth-order valence-corrected chi connectivity index (χ4v) is 3.90. The molecule has 0 unspecified atom stereocenters. The van der Waals surface area contributed by atoms with Crippen LogP contribution in [-0.2, 0) is 4.84 Å². The van der Waals surface area contributed by atoms with Crippen LogP contribution >= 0.6 is 15.9 Å². The quantitative estimate of drug-likeness (QED) is 0.677. The van der Waals surface area contributed by atoms with Crippen molar-refractivity contribution in [3.8, 4) is 0 Å². The van der Waals surface area contributed by atoms with E-state index in [1.54, 1.807) is 0 Å². The van der Waals surface area contributed by atoms with Crippen molar-refractivity contribution in [3.05, 3.63) is 78.4 Å². The zero-order chi connectivity index (χ0) is 16.6. The van der Waals surface area contributed by atoms with E-state index >= 15 is 0 Å². The van der Waals surface area contributed by atoms with Gasteiger partial charge in [0.1, 0.15) is 10.4 Å². The van der Waals surface area contributed by atoms with Gasteiger partial charge in [0.2, 0.25) is 0 Å². The second-order valence-electron chi connectivity index (χ2n) is 6.10. The molecular weight excluding hydrogens is 366 g/mol. The molecule has 122 valence electrons. The number of aliphatic hydroxyl groups is 1. The number of alkyl halides is 1. The molecule has 3 nitrogen and oxygen atoms in total. The first-order valence-electron chi connectivity index (χ1n) is 7.97. The zero-order valence-corrected chi connectivity index (χ0v) is 14.7. The molecule has 1 saturated heterocycles. The van der Waals surface area contributed by atoms with Crippen LogP contribution in [0.5, 0.6) is 0 Å². The summed E-state index contributed by atoms with van der Waals surface area (Å²) < 4.78 is -0.549. The Morgan fingerprint density at radius 3 is 2.50 bits per heavy atom. The molecule has 0 radical (unpaired) electrons. The first-order chi connectivity index (χ1) is 11.7. The molecule has 1 aliphatic heterocycles. The molecule has 1 N–H and O–H groups in total. The summed E-state index contributed by atoms with van der Waals surface area (Å²) in [5.41, 5.74) is 2.12. The van der Waals surface area contributed by atoms with Crippen molar-refractivity contribution in [2.75, 3.05) is 18.3 Å². The molecule has 0 amide bonds. The lowest BCUT2D eigenvalue weighted by molar-refractivity contribution is 0.148. The number of fused-ring (bicyclic) bond motifs is 1. The standard InChI is InChI=1S/C20H18BrNO2/c21-20(13-23)14-24-22(16-9-2-1-3-10-16)19(20)18-12-6-8-15-7-4-5-11-17(15)18/h1-12,19,23H,13-14H2/t19-,20-/m1/s1. The average molecular weight is 384 g/mol. The maximum Gasteiger partial charge on any atom is 0.102 e. The fraction of sp³-hybridized carbons (Fsp3) is 0.200. The van der Waals surface area contributed by atoms with Crippen molar-refractivity contribution in [2.45, 2.75) is 10.4 Å². The van der Waals surface area contributed by atoms with Crippen LogP contribution < -0.4 is 5.06 Å². The third-order valence-corrected chi connectivity index (χ3v) is 5.47. The lowest BCUT2D eigenvalue weighted by Crippen LogP contribution is -2.37. The van der Waals surface area contributed by atoms with Gasteiger partial charge in [-0.3, -0.25) is 4.84 Å². The molecule has 1 fully saturated rings. The average Bonchev–Trinajstić information content (AvgIpc) is 3.00. The number of rotatable bonds is 3. The first-order valence-corrected chi connectivity index (χ1v) is 8.77. The third-order valence-electron chi connectivity index (χ3n) is 4.56. The molecule has 3 aromatic rings. The van der Waals surface area contributed by atoms with Gasteiger partial charge >= 0.3 is 0 Å². The van der Waals surface area contributed by atoms with E-state index in [1.807, 2.05) is 47.5 Å². The molecule has 4 rings (SSSR count). The minimum Gasteiger partial charge on any atom is -0.395 e. The Kier molecular flexibility index (Phi) is 4.04. The maximum absolute atomic E-state index is 10.0. The Morgan fingerprint density at radius 2 is 1.71 bits per heavy atom. The number of benzene rings is 3. The van der Waals surface area contributed by atoms with Crippen molar-refractivity contribution in [1.82, 2.24) is 0 Å². The minimum atomic E-state index is -0.549. The highest BCUT2D eigenvalue weighted by atomic mass is 79.9. The van der Waals surface area contributed by atoms with E-state index in [1.165, 1.54) is 10.8 Å². The molecule has 2 atom stereocenters. The van der Waals surface area contributed by atoms with Crippen molar-refractivity contribution in [2.24, 2.45) is 0 Å². The Labute approximate surface area is 149 Å². The number of anilines is 1. The lowest BCUT2D eigenvalue weighted by atomic mass is 9.90. The first kappa shape index (κ1) is 15.6. The Balaban J connectivity index is 1.90. The summed E-state index contributed by atoms with van der Waals surface area (Å²) in [6, 6.07) is 24.5. The van der Waals surface area contributed by atoms with Crippen LogP contribution in [0.15, 0.2) is 72.8 Å². The lowest BCUT2D eigenvalue weighted by Gasteiger charge is -2.32. The summed E-state index contributed by atoms with van der Waals surface area (Å²) >= 11 is 3.75. The van der Waals surface area contributed by atoms with Gasteiger partial charge in [0.05, 0.1) is 18.9 Å². The van der Waals surface area contributed by atoms with Gasteiger partial charge in [0.25, 0.3) is 0 Å². The molecule has 0 saturated carbocycles. The van der Waals surface area contributed by atoms with Crippen molar-refractivity contribution in [3.63, 3.8) is 0 Å². The van der Waals surface area contributed by atoms with Crippen LogP contribution in [0.25, 0.3) is 10.8 Å². The van der Waals surface area contributed by atoms with Crippen LogP contribution in [0.1, 0.15) is 11.6 Å². The number of para-hydroxylation sites is 1. The van der Waals surface area contributed by atoms with Crippen LogP contribution in [0.4, 0.5) is 5.69 Å². The van der Waals surface area contributed by atoms with E-state index in [0.29, 0.717) is 6.61 Å². The van der Waals surface area contributed by atoms with E-state index in [4.69, 9.17) is 4.84 Å². The number of halogens is 1. The van der Waals surface area contributed by atoms with Crippen LogP contribution in [0.3, 0.4) is 0 Å². The van der Waals surface area contributed by atoms with E-state index in [-0.39, 0.29) is 12.6 Å². The summed E-state index contributed by atoms with van der Waals surface area (Å²) in [5, 5.41) is 14.3. The van der Waals surface area contributed by atoms with Gasteiger partial charge < -0.3 is 5.11 Å². The van der Waals surface area contributed by atoms with Crippen LogP contribution in [-0.4, -0.2) is 22.6 Å². The van der Waals surface area contributed by atoms with Gasteiger partial charge in [-0.25, -0.2) is 5.06 Å². The van der Waals surface area contributed by atoms with E-state index in [2.05, 4.69) is 46.3 Å². The molecule has 1 aliphatic rings. The van der Waals surface area contributed by atoms with Gasteiger partial charge in [0, 0.05) is 0 Å². The van der Waals surface area contributed by atoms with Crippen molar-refractivity contribution < 1.29 is 9.94 Å². The Bertz CT molecular complexity index is 849. The predicted octanol–water partition coefficient (Wildman–Crippen LogP) is 4.46. The molecule has 0 aliphatic carbocycles. The molecule has 1 heterocycles. The van der Waals surface area contributed by atoms with Crippen LogP contribution in [0, 0.1) is 0 Å². The van der Waals surface area contributed by atoms with Gasteiger partial charge in [-0.15, -0.1) is 0 Å². The molecule has 0 aromatic heterocycles. The largest absolute Gasteiger partial charge is 0.395 e. The molecule has 24 heavy (non-hydrogen) atoms. The van der Waals surface area contributed by atoms with E-state index < -0.39 is 4.32 Å². The third kappa shape index (κ3) is 2.51. The van der Waals surface area contributed by atoms with Crippen LogP contribution in [0.2, 0.25) is 0 Å². The molecule has 0 spiro atoms. The monoisotopic (exact) mass is 383 g/mol. The molecule has 0 bridgehead atoms. The number of hydrogen-bond donors (Lipinski definition) is 1. The number of nitrogens with zero attached hydrogens (tertiary/aromatic N) is 1. The number of hydroxylamine groups is 1. The van der Waals surface area contributed by atoms with Gasteiger partial charge in [-0.1, -0.05) is 76.6 Å². The van der Waals surface area contributed by atoms with Crippen molar-refractivity contribution >= 4 is 32.4 Å². The second-order valence-corrected chi connectivity index (χ2v) is 7.68. The van der Waals surface area contributed by atoms with Gasteiger partial charge in [0.15, 0.2) is 0 Å². The summed E-state index contributed by atoms with van der Waals surface area (Å²) in [7, 11) is 0. The topological polar surface area (TPSA) is 32.7 Å². The highest BCUT2D eigenvalue weighted by molar-refractivity contribution is 9.10. The Hall–Kier alpha value is -1.88. The maximum atomic E-state index is 10.0. The molecular formula is C20H18BrNO2. The smallest absolute Gasteiger partial charge is 0.102 e. The molecule has 4 heteroatoms. The summed E-state index contributed by atoms with van der Waals surface area (Å²) in [6.07, 6.45) is 0. The van der Waals surface area contributed by atoms with E-state index in [0.717, 1.165) is 11.3 Å². The molecule has 3 aromatic carbocycles. The second kappa shape index (κ2) is 6.20. The van der Waals surface area contributed by atoms with Gasteiger partial charge in [-0.05, 0) is 28.5 Å². The highest BCUT2D eigenvalue weighted by Crippen LogP contribution is 2.47. The summed E-state index contributed by atoms with van der Waals surface area (Å²) in [5.74, 6) is 0. The fourth-order valence-electron chi connectivity index (χ4n) is 3.37. The summed E-state index contributed by atoms with van der Waals surface area (Å²) in [6.45, 7) is 0.399. The predicted molar refractivity (Wildman–Crippen MR) is 100 cm³/mol. The number of hydrogen-bond acceptors (Lipinski definition) is 3. The normalized spacial score (nSPS) is 23.8. The number of aliphatic hydroxyl groups excluding tert-OH is 1. The highest BCUT2D eigenvalue weighted by Gasteiger charge is 2.48. The van der Waals surface area contributed by atoms with Crippen molar-refractivity contribution in [1.29, 1.82) is 0 Å². The minimum absolute atomic E-state index is 0.00970. The zero-order valence-electron chi connectivity index (χ0n) is 13.1. The Morgan fingerprint density at radius 1 is 1.00 bits per heavy atom. The van der Waals surface area contributed by atoms with Gasteiger partial charge in [-0.2, -0.15) is 0 Å². The SMILES string of the molecule is OC[C@@]1(Br)CON(c2ccccc2)[C@@H]1c1cccc2ccccc12. The summed E-state index contributed by atoms with van der Waals surface area (Å²) in [4.78, 5) is 5.99. The van der Waals surface area contributed by atoms with E-state index in [9.17, 15) is 5.11 Å².